The normalized spacial score (nSPS) is 10.5. The van der Waals surface area contributed by atoms with Crippen LogP contribution in [0.2, 0.25) is 0 Å². The van der Waals surface area contributed by atoms with Gasteiger partial charge in [0.2, 0.25) is 0 Å². The lowest BCUT2D eigenvalue weighted by Gasteiger charge is -2.09. The molecule has 0 aromatic heterocycles. The highest BCUT2D eigenvalue weighted by molar-refractivity contribution is 9.10. The Labute approximate surface area is 119 Å². The van der Waals surface area contributed by atoms with E-state index in [4.69, 9.17) is 0 Å². The van der Waals surface area contributed by atoms with Crippen LogP contribution in [0, 0.1) is 5.82 Å². The molecular formula is C15H13BrFNO. The summed E-state index contributed by atoms with van der Waals surface area (Å²) in [6.07, 6.45) is 0. The summed E-state index contributed by atoms with van der Waals surface area (Å²) in [5.41, 5.74) is 1.46. The summed E-state index contributed by atoms with van der Waals surface area (Å²) < 4.78 is 14.3. The number of benzene rings is 2. The molecule has 2 aromatic carbocycles. The molecule has 98 valence electrons. The highest BCUT2D eigenvalue weighted by Crippen LogP contribution is 2.22. The van der Waals surface area contributed by atoms with Crippen molar-refractivity contribution in [2.24, 2.45) is 0 Å². The van der Waals surface area contributed by atoms with Gasteiger partial charge in [-0.1, -0.05) is 30.3 Å². The molecule has 2 rings (SSSR count). The fraction of sp³-hybridized carbons (Fsp3) is 0.133. The van der Waals surface area contributed by atoms with Crippen LogP contribution in [0.3, 0.4) is 0 Å². The number of ketones is 1. The number of rotatable bonds is 4. The Bertz CT molecular complexity index is 613. The van der Waals surface area contributed by atoms with Crippen molar-refractivity contribution in [3.63, 3.8) is 0 Å². The minimum atomic E-state index is -0.522. The smallest absolute Gasteiger partial charge is 0.196 e. The van der Waals surface area contributed by atoms with E-state index in [9.17, 15) is 9.18 Å². The number of hydrogen-bond donors (Lipinski definition) is 1. The molecule has 0 aliphatic heterocycles. The molecule has 0 unspecified atom stereocenters. The molecule has 1 N–H and O–H groups in total. The molecule has 4 heteroatoms. The van der Waals surface area contributed by atoms with Crippen LogP contribution in [0.4, 0.5) is 4.39 Å². The molecule has 0 aliphatic carbocycles. The summed E-state index contributed by atoms with van der Waals surface area (Å²) in [5, 5.41) is 3.00. The molecule has 0 saturated carbocycles. The number of carbonyl (C=O) groups excluding carboxylic acids is 1. The van der Waals surface area contributed by atoms with Gasteiger partial charge >= 0.3 is 0 Å². The first kappa shape index (κ1) is 13.9. The first-order valence-corrected chi connectivity index (χ1v) is 6.65. The van der Waals surface area contributed by atoms with Crippen molar-refractivity contribution in [2.75, 3.05) is 7.05 Å². The fourth-order valence-electron chi connectivity index (χ4n) is 1.91. The van der Waals surface area contributed by atoms with Gasteiger partial charge < -0.3 is 5.32 Å². The Kier molecular flexibility index (Phi) is 4.45. The molecule has 19 heavy (non-hydrogen) atoms. The lowest BCUT2D eigenvalue weighted by Crippen LogP contribution is -2.12. The van der Waals surface area contributed by atoms with Crippen LogP contribution in [0.5, 0.6) is 0 Å². The fourth-order valence-corrected chi connectivity index (χ4v) is 2.28. The molecule has 2 aromatic rings. The van der Waals surface area contributed by atoms with Crippen LogP contribution >= 0.6 is 15.9 Å². The Balaban J connectivity index is 2.47. The number of nitrogens with one attached hydrogen (secondary N) is 1. The molecule has 0 heterocycles. The summed E-state index contributed by atoms with van der Waals surface area (Å²) >= 11 is 3.10. The van der Waals surface area contributed by atoms with E-state index in [0.717, 1.165) is 5.56 Å². The average molecular weight is 322 g/mol. The van der Waals surface area contributed by atoms with Crippen LogP contribution in [-0.4, -0.2) is 12.8 Å². The van der Waals surface area contributed by atoms with E-state index in [2.05, 4.69) is 21.2 Å². The highest BCUT2D eigenvalue weighted by Gasteiger charge is 2.17. The van der Waals surface area contributed by atoms with Gasteiger partial charge in [-0.15, -0.1) is 0 Å². The first-order chi connectivity index (χ1) is 9.15. The molecule has 0 fully saturated rings. The van der Waals surface area contributed by atoms with Gasteiger partial charge in [-0.25, -0.2) is 4.39 Å². The molecular weight excluding hydrogens is 309 g/mol. The van der Waals surface area contributed by atoms with Gasteiger partial charge in [0.25, 0.3) is 0 Å². The van der Waals surface area contributed by atoms with E-state index in [1.54, 1.807) is 31.3 Å². The van der Waals surface area contributed by atoms with Crippen molar-refractivity contribution < 1.29 is 9.18 Å². The standard InChI is InChI=1S/C15H13BrFNO/c1-18-9-10-5-2-3-6-11(10)15(19)12-7-4-8-13(16)14(12)17/h2-8,18H,9H2,1H3. The molecule has 0 bridgehead atoms. The van der Waals surface area contributed by atoms with E-state index >= 15 is 0 Å². The van der Waals surface area contributed by atoms with Crippen LogP contribution < -0.4 is 5.32 Å². The summed E-state index contributed by atoms with van der Waals surface area (Å²) in [4.78, 5) is 12.4. The lowest BCUT2D eigenvalue weighted by molar-refractivity contribution is 0.103. The van der Waals surface area contributed by atoms with Crippen molar-refractivity contribution in [3.8, 4) is 0 Å². The van der Waals surface area contributed by atoms with Gasteiger partial charge in [0.05, 0.1) is 10.0 Å². The van der Waals surface area contributed by atoms with E-state index in [0.29, 0.717) is 16.6 Å². The van der Waals surface area contributed by atoms with Gasteiger partial charge in [0.1, 0.15) is 5.82 Å². The van der Waals surface area contributed by atoms with Crippen LogP contribution in [0.15, 0.2) is 46.9 Å². The first-order valence-electron chi connectivity index (χ1n) is 5.86. The second-order valence-electron chi connectivity index (χ2n) is 4.12. The number of halogens is 2. The Hall–Kier alpha value is -1.52. The zero-order chi connectivity index (χ0) is 13.8. The third-order valence-corrected chi connectivity index (χ3v) is 3.44. The highest BCUT2D eigenvalue weighted by atomic mass is 79.9. The van der Waals surface area contributed by atoms with Crippen molar-refractivity contribution in [1.29, 1.82) is 0 Å². The van der Waals surface area contributed by atoms with Crippen molar-refractivity contribution in [3.05, 3.63) is 69.4 Å². The van der Waals surface area contributed by atoms with Crippen LogP contribution in [-0.2, 0) is 6.54 Å². The zero-order valence-electron chi connectivity index (χ0n) is 10.4. The predicted molar refractivity (Wildman–Crippen MR) is 76.7 cm³/mol. The number of carbonyl (C=O) groups is 1. The largest absolute Gasteiger partial charge is 0.316 e. The molecule has 0 radical (unpaired) electrons. The maximum Gasteiger partial charge on any atom is 0.196 e. The predicted octanol–water partition coefficient (Wildman–Crippen LogP) is 3.54. The zero-order valence-corrected chi connectivity index (χ0v) is 12.0. The quantitative estimate of drug-likeness (QED) is 0.873. The van der Waals surface area contributed by atoms with Crippen molar-refractivity contribution in [1.82, 2.24) is 5.32 Å². The minimum absolute atomic E-state index is 0.0814. The molecule has 0 aliphatic rings. The average Bonchev–Trinajstić information content (AvgIpc) is 2.42. The van der Waals surface area contributed by atoms with Crippen LogP contribution in [0.1, 0.15) is 21.5 Å². The van der Waals surface area contributed by atoms with E-state index in [1.165, 1.54) is 6.07 Å². The minimum Gasteiger partial charge on any atom is -0.316 e. The summed E-state index contributed by atoms with van der Waals surface area (Å²) in [6, 6.07) is 11.9. The summed E-state index contributed by atoms with van der Waals surface area (Å²) in [6.45, 7) is 0.567. The topological polar surface area (TPSA) is 29.1 Å². The SMILES string of the molecule is CNCc1ccccc1C(=O)c1cccc(Br)c1F. The second kappa shape index (κ2) is 6.08. The van der Waals surface area contributed by atoms with Crippen molar-refractivity contribution >= 4 is 21.7 Å². The molecule has 0 atom stereocenters. The summed E-state index contributed by atoms with van der Waals surface area (Å²) in [7, 11) is 1.81. The maximum atomic E-state index is 14.0. The molecule has 0 amide bonds. The van der Waals surface area contributed by atoms with Crippen LogP contribution in [0.25, 0.3) is 0 Å². The molecule has 0 saturated heterocycles. The van der Waals surface area contributed by atoms with Crippen molar-refractivity contribution in [2.45, 2.75) is 6.54 Å². The van der Waals surface area contributed by atoms with E-state index in [-0.39, 0.29) is 11.3 Å². The Morgan fingerprint density at radius 2 is 1.84 bits per heavy atom. The second-order valence-corrected chi connectivity index (χ2v) is 4.97. The number of hydrogen-bond acceptors (Lipinski definition) is 2. The Morgan fingerprint density at radius 1 is 1.16 bits per heavy atom. The molecule has 2 nitrogen and oxygen atoms in total. The third kappa shape index (κ3) is 2.91. The third-order valence-electron chi connectivity index (χ3n) is 2.83. The summed E-state index contributed by atoms with van der Waals surface area (Å²) in [5.74, 6) is -0.823. The maximum absolute atomic E-state index is 14.0. The van der Waals surface area contributed by atoms with Gasteiger partial charge in [-0.05, 0) is 40.7 Å². The van der Waals surface area contributed by atoms with Gasteiger partial charge in [0, 0.05) is 12.1 Å². The lowest BCUT2D eigenvalue weighted by atomic mass is 9.98. The monoisotopic (exact) mass is 321 g/mol. The van der Waals surface area contributed by atoms with Gasteiger partial charge in [0.15, 0.2) is 5.78 Å². The van der Waals surface area contributed by atoms with Gasteiger partial charge in [-0.3, -0.25) is 4.79 Å². The van der Waals surface area contributed by atoms with Gasteiger partial charge in [-0.2, -0.15) is 0 Å². The Morgan fingerprint density at radius 3 is 2.58 bits per heavy atom. The van der Waals surface area contributed by atoms with E-state index in [1.807, 2.05) is 12.1 Å². The van der Waals surface area contributed by atoms with E-state index < -0.39 is 5.82 Å². The molecule has 0 spiro atoms.